The SMILES string of the molecule is Fc1ccccc1.O=C(O)c1ncco1. The summed E-state index contributed by atoms with van der Waals surface area (Å²) in [5.74, 6) is -1.59. The quantitative estimate of drug-likeness (QED) is 0.781. The van der Waals surface area contributed by atoms with Gasteiger partial charge in [0.25, 0.3) is 0 Å². The van der Waals surface area contributed by atoms with Crippen LogP contribution in [0.1, 0.15) is 10.7 Å². The zero-order valence-corrected chi connectivity index (χ0v) is 7.63. The number of carbonyl (C=O) groups is 1. The largest absolute Gasteiger partial charge is 0.474 e. The molecule has 0 aliphatic rings. The van der Waals surface area contributed by atoms with Gasteiger partial charge in [0.05, 0.1) is 6.20 Å². The third-order valence-electron chi connectivity index (χ3n) is 1.35. The van der Waals surface area contributed by atoms with E-state index in [1.54, 1.807) is 18.2 Å². The number of aromatic carboxylic acids is 1. The summed E-state index contributed by atoms with van der Waals surface area (Å²) in [6.07, 6.45) is 2.49. The van der Waals surface area contributed by atoms with Gasteiger partial charge in [0, 0.05) is 0 Å². The molecule has 0 unspecified atom stereocenters. The lowest BCUT2D eigenvalue weighted by atomic mass is 10.4. The average molecular weight is 209 g/mol. The second-order valence-corrected chi connectivity index (χ2v) is 2.44. The smallest absolute Gasteiger partial charge is 0.392 e. The molecule has 0 saturated heterocycles. The first-order valence-electron chi connectivity index (χ1n) is 4.03. The Labute approximate surface area is 85.0 Å². The molecule has 2 aromatic rings. The molecule has 0 radical (unpaired) electrons. The molecular weight excluding hydrogens is 201 g/mol. The van der Waals surface area contributed by atoms with Crippen LogP contribution in [0.5, 0.6) is 0 Å². The van der Waals surface area contributed by atoms with Crippen LogP contribution < -0.4 is 0 Å². The lowest BCUT2D eigenvalue weighted by Crippen LogP contribution is -1.94. The Morgan fingerprint density at radius 2 is 2.00 bits per heavy atom. The number of halogens is 1. The molecule has 0 aliphatic heterocycles. The van der Waals surface area contributed by atoms with E-state index in [9.17, 15) is 9.18 Å². The van der Waals surface area contributed by atoms with Crippen molar-refractivity contribution in [1.29, 1.82) is 0 Å². The monoisotopic (exact) mass is 209 g/mol. The van der Waals surface area contributed by atoms with Gasteiger partial charge in [-0.3, -0.25) is 0 Å². The Morgan fingerprint density at radius 3 is 2.27 bits per heavy atom. The topological polar surface area (TPSA) is 63.3 Å². The lowest BCUT2D eigenvalue weighted by Gasteiger charge is -1.78. The first-order valence-corrected chi connectivity index (χ1v) is 4.03. The fourth-order valence-electron chi connectivity index (χ4n) is 0.744. The highest BCUT2D eigenvalue weighted by Gasteiger charge is 2.04. The predicted octanol–water partition coefficient (Wildman–Crippen LogP) is 2.20. The molecule has 0 fully saturated rings. The van der Waals surface area contributed by atoms with E-state index in [0.29, 0.717) is 0 Å². The van der Waals surface area contributed by atoms with Crippen molar-refractivity contribution >= 4 is 5.97 Å². The van der Waals surface area contributed by atoms with Gasteiger partial charge in [0.15, 0.2) is 0 Å². The van der Waals surface area contributed by atoms with Gasteiger partial charge in [-0.25, -0.2) is 14.2 Å². The van der Waals surface area contributed by atoms with E-state index in [1.807, 2.05) is 0 Å². The van der Waals surface area contributed by atoms with Crippen molar-refractivity contribution < 1.29 is 18.7 Å². The molecule has 4 nitrogen and oxygen atoms in total. The van der Waals surface area contributed by atoms with Crippen LogP contribution in [0.2, 0.25) is 0 Å². The summed E-state index contributed by atoms with van der Waals surface area (Å²) in [5, 5.41) is 8.12. The molecule has 15 heavy (non-hydrogen) atoms. The molecule has 1 N–H and O–H groups in total. The second-order valence-electron chi connectivity index (χ2n) is 2.44. The Balaban J connectivity index is 0.000000151. The van der Waals surface area contributed by atoms with E-state index < -0.39 is 5.97 Å². The standard InChI is InChI=1S/C6H5F.C4H3NO3/c7-6-4-2-1-3-5-6;6-4(7)3-5-1-2-8-3/h1-5H;1-2H,(H,6,7). The number of carboxylic acids is 1. The summed E-state index contributed by atoms with van der Waals surface area (Å²) in [5.41, 5.74) is 0. The number of oxazole rings is 1. The Bertz CT molecular complexity index is 400. The molecule has 2 rings (SSSR count). The fraction of sp³-hybridized carbons (Fsp3) is 0. The van der Waals surface area contributed by atoms with Crippen LogP contribution in [0.3, 0.4) is 0 Å². The number of carboxylic acid groups (broad SMARTS) is 1. The van der Waals surface area contributed by atoms with Gasteiger partial charge >= 0.3 is 11.9 Å². The molecule has 0 amide bonds. The summed E-state index contributed by atoms with van der Waals surface area (Å²) in [6.45, 7) is 0. The van der Waals surface area contributed by atoms with Crippen molar-refractivity contribution in [1.82, 2.24) is 4.98 Å². The highest BCUT2D eigenvalue weighted by atomic mass is 19.1. The maximum absolute atomic E-state index is 11.9. The van der Waals surface area contributed by atoms with Gasteiger partial charge in [0.2, 0.25) is 0 Å². The number of rotatable bonds is 1. The third kappa shape index (κ3) is 4.04. The van der Waals surface area contributed by atoms with Gasteiger partial charge < -0.3 is 9.52 Å². The van der Waals surface area contributed by atoms with Gasteiger partial charge in [-0.05, 0) is 12.1 Å². The molecule has 0 spiro atoms. The summed E-state index contributed by atoms with van der Waals surface area (Å²) in [6, 6.07) is 7.94. The minimum absolute atomic E-state index is 0.178. The van der Waals surface area contributed by atoms with Crippen molar-refractivity contribution in [3.05, 3.63) is 54.5 Å². The second kappa shape index (κ2) is 5.54. The molecule has 5 heteroatoms. The van der Waals surface area contributed by atoms with Crippen molar-refractivity contribution in [2.75, 3.05) is 0 Å². The van der Waals surface area contributed by atoms with E-state index >= 15 is 0 Å². The van der Waals surface area contributed by atoms with E-state index in [4.69, 9.17) is 5.11 Å². The van der Waals surface area contributed by atoms with E-state index in [-0.39, 0.29) is 11.7 Å². The first kappa shape index (κ1) is 10.9. The van der Waals surface area contributed by atoms with Crippen molar-refractivity contribution in [2.24, 2.45) is 0 Å². The zero-order valence-electron chi connectivity index (χ0n) is 7.63. The highest BCUT2D eigenvalue weighted by molar-refractivity contribution is 5.81. The van der Waals surface area contributed by atoms with E-state index in [0.717, 1.165) is 0 Å². The minimum atomic E-state index is -1.14. The van der Waals surface area contributed by atoms with Gasteiger partial charge in [-0.15, -0.1) is 0 Å². The molecule has 78 valence electrons. The van der Waals surface area contributed by atoms with Crippen LogP contribution in [-0.2, 0) is 0 Å². The van der Waals surface area contributed by atoms with Crippen LogP contribution in [-0.4, -0.2) is 16.1 Å². The lowest BCUT2D eigenvalue weighted by molar-refractivity contribution is 0.0653. The van der Waals surface area contributed by atoms with Crippen molar-refractivity contribution in [2.45, 2.75) is 0 Å². The van der Waals surface area contributed by atoms with E-state index in [1.165, 1.54) is 24.6 Å². The first-order chi connectivity index (χ1) is 7.20. The molecular formula is C10H8FNO3. The molecule has 0 aliphatic carbocycles. The van der Waals surface area contributed by atoms with Crippen LogP contribution in [0.4, 0.5) is 4.39 Å². The highest BCUT2D eigenvalue weighted by Crippen LogP contribution is 1.92. The summed E-state index contributed by atoms with van der Waals surface area (Å²) < 4.78 is 16.3. The molecule has 1 aromatic carbocycles. The predicted molar refractivity (Wildman–Crippen MR) is 49.9 cm³/mol. The minimum Gasteiger partial charge on any atom is -0.474 e. The summed E-state index contributed by atoms with van der Waals surface area (Å²) in [7, 11) is 0. The number of nitrogens with zero attached hydrogens (tertiary/aromatic N) is 1. The Kier molecular flexibility index (Phi) is 4.03. The number of aromatic nitrogens is 1. The maximum atomic E-state index is 11.9. The van der Waals surface area contributed by atoms with Crippen LogP contribution >= 0.6 is 0 Å². The fourth-order valence-corrected chi connectivity index (χ4v) is 0.744. The summed E-state index contributed by atoms with van der Waals surface area (Å²) in [4.78, 5) is 13.3. The van der Waals surface area contributed by atoms with Gasteiger partial charge in [-0.1, -0.05) is 18.2 Å². The molecule has 1 heterocycles. The normalized spacial score (nSPS) is 8.87. The Hall–Kier alpha value is -2.17. The maximum Gasteiger partial charge on any atom is 0.392 e. The van der Waals surface area contributed by atoms with Crippen LogP contribution in [0, 0.1) is 5.82 Å². The third-order valence-corrected chi connectivity index (χ3v) is 1.35. The van der Waals surface area contributed by atoms with Crippen molar-refractivity contribution in [3.8, 4) is 0 Å². The molecule has 0 atom stereocenters. The summed E-state index contributed by atoms with van der Waals surface area (Å²) >= 11 is 0. The number of benzene rings is 1. The Morgan fingerprint density at radius 1 is 1.33 bits per heavy atom. The van der Waals surface area contributed by atoms with Crippen LogP contribution in [0.25, 0.3) is 0 Å². The van der Waals surface area contributed by atoms with E-state index in [2.05, 4.69) is 9.40 Å². The molecule has 0 bridgehead atoms. The molecule has 0 saturated carbocycles. The number of hydrogen-bond acceptors (Lipinski definition) is 3. The van der Waals surface area contributed by atoms with Crippen LogP contribution in [0.15, 0.2) is 47.2 Å². The molecule has 1 aromatic heterocycles. The van der Waals surface area contributed by atoms with Crippen molar-refractivity contribution in [3.63, 3.8) is 0 Å². The average Bonchev–Trinajstić information content (AvgIpc) is 2.72. The van der Waals surface area contributed by atoms with Gasteiger partial charge in [-0.2, -0.15) is 0 Å². The number of hydrogen-bond donors (Lipinski definition) is 1. The van der Waals surface area contributed by atoms with Gasteiger partial charge in [0.1, 0.15) is 12.1 Å². The zero-order chi connectivity index (χ0) is 11.1.